The smallest absolute Gasteiger partial charge is 0.308 e. The van der Waals surface area contributed by atoms with Gasteiger partial charge < -0.3 is 10.1 Å². The molecule has 0 radical (unpaired) electrons. The van der Waals surface area contributed by atoms with Crippen molar-refractivity contribution in [3.05, 3.63) is 42.0 Å². The number of anilines is 1. The number of nitrogens with zero attached hydrogens (tertiary/aromatic N) is 1. The van der Waals surface area contributed by atoms with Crippen LogP contribution in [0.5, 0.6) is 0 Å². The number of hydrogen-bond acceptors (Lipinski definition) is 5. The Hall–Kier alpha value is -2.96. The highest BCUT2D eigenvalue weighted by Crippen LogP contribution is 2.35. The molecule has 0 saturated carbocycles. The van der Waals surface area contributed by atoms with Crippen LogP contribution in [0.15, 0.2) is 36.4 Å². The standard InChI is InChI=1S/C23H28N2O5/c1-2-3-6-16-9-11-17(12-10-16)24-20(26)15-30-21(27)13-14-25-22(28)18-7-4-5-8-19(18)23(25)29/h4-5,9-12,18-19H,2-3,6-8,13-15H2,1H3,(H,24,26)/t18-,19-/m1/s1. The number of likely N-dealkylation sites (tertiary alicyclic amines) is 1. The van der Waals surface area contributed by atoms with Gasteiger partial charge in [0.1, 0.15) is 0 Å². The van der Waals surface area contributed by atoms with Gasteiger partial charge in [0.25, 0.3) is 5.91 Å². The summed E-state index contributed by atoms with van der Waals surface area (Å²) < 4.78 is 4.99. The Morgan fingerprint density at radius 1 is 1.07 bits per heavy atom. The second-order valence-electron chi connectivity index (χ2n) is 7.74. The molecule has 0 bridgehead atoms. The summed E-state index contributed by atoms with van der Waals surface area (Å²) in [6, 6.07) is 7.58. The van der Waals surface area contributed by atoms with Gasteiger partial charge in [-0.25, -0.2) is 0 Å². The first-order chi connectivity index (χ1) is 14.5. The van der Waals surface area contributed by atoms with E-state index in [9.17, 15) is 19.2 Å². The predicted molar refractivity (Wildman–Crippen MR) is 111 cm³/mol. The minimum Gasteiger partial charge on any atom is -0.456 e. The molecule has 7 heteroatoms. The summed E-state index contributed by atoms with van der Waals surface area (Å²) in [5, 5.41) is 2.68. The van der Waals surface area contributed by atoms with Gasteiger partial charge in [0, 0.05) is 12.2 Å². The maximum atomic E-state index is 12.4. The third-order valence-corrected chi connectivity index (χ3v) is 5.56. The van der Waals surface area contributed by atoms with E-state index in [0.29, 0.717) is 18.5 Å². The van der Waals surface area contributed by atoms with Crippen LogP contribution in [-0.2, 0) is 30.3 Å². The van der Waals surface area contributed by atoms with E-state index in [4.69, 9.17) is 4.74 Å². The summed E-state index contributed by atoms with van der Waals surface area (Å²) in [6.07, 6.45) is 8.09. The minimum absolute atomic E-state index is 0.00958. The number of imide groups is 1. The summed E-state index contributed by atoms with van der Waals surface area (Å²) in [5.41, 5.74) is 1.85. The van der Waals surface area contributed by atoms with E-state index in [1.165, 1.54) is 5.56 Å². The molecule has 3 rings (SSSR count). The van der Waals surface area contributed by atoms with Gasteiger partial charge in [-0.1, -0.05) is 37.6 Å². The van der Waals surface area contributed by atoms with E-state index in [1.807, 2.05) is 36.4 Å². The van der Waals surface area contributed by atoms with Crippen LogP contribution in [0.3, 0.4) is 0 Å². The van der Waals surface area contributed by atoms with E-state index >= 15 is 0 Å². The van der Waals surface area contributed by atoms with Gasteiger partial charge in [-0.15, -0.1) is 0 Å². The molecular weight excluding hydrogens is 384 g/mol. The average molecular weight is 412 g/mol. The molecule has 0 unspecified atom stereocenters. The first-order valence-electron chi connectivity index (χ1n) is 10.5. The number of unbranched alkanes of at least 4 members (excludes halogenated alkanes) is 1. The number of amides is 3. The molecule has 2 atom stereocenters. The zero-order chi connectivity index (χ0) is 21.5. The number of benzene rings is 1. The summed E-state index contributed by atoms with van der Waals surface area (Å²) >= 11 is 0. The number of aryl methyl sites for hydroxylation is 1. The number of rotatable bonds is 9. The highest BCUT2D eigenvalue weighted by atomic mass is 16.5. The van der Waals surface area contributed by atoms with Gasteiger partial charge in [0.05, 0.1) is 18.3 Å². The van der Waals surface area contributed by atoms with Crippen LogP contribution in [0.4, 0.5) is 5.69 Å². The topological polar surface area (TPSA) is 92.8 Å². The number of allylic oxidation sites excluding steroid dienone is 2. The lowest BCUT2D eigenvalue weighted by Gasteiger charge is -2.14. The molecule has 1 aliphatic carbocycles. The zero-order valence-electron chi connectivity index (χ0n) is 17.3. The van der Waals surface area contributed by atoms with Crippen LogP contribution in [0, 0.1) is 11.8 Å². The Kier molecular flexibility index (Phi) is 7.38. The number of carbonyl (C=O) groups is 4. The number of hydrogen-bond donors (Lipinski definition) is 1. The molecule has 3 amide bonds. The molecule has 7 nitrogen and oxygen atoms in total. The lowest BCUT2D eigenvalue weighted by Crippen LogP contribution is -2.33. The van der Waals surface area contributed by atoms with Crippen LogP contribution in [-0.4, -0.2) is 41.7 Å². The first kappa shape index (κ1) is 21.7. The summed E-state index contributed by atoms with van der Waals surface area (Å²) in [5.74, 6) is -2.11. The van der Waals surface area contributed by atoms with Crippen LogP contribution in [0.1, 0.15) is 44.6 Å². The molecule has 1 N–H and O–H groups in total. The fourth-order valence-corrected chi connectivity index (χ4v) is 3.84. The Bertz CT molecular complexity index is 805. The number of fused-ring (bicyclic) bond motifs is 1. The van der Waals surface area contributed by atoms with Gasteiger partial charge in [-0.05, 0) is 43.4 Å². The van der Waals surface area contributed by atoms with Gasteiger partial charge in [-0.2, -0.15) is 0 Å². The van der Waals surface area contributed by atoms with Crippen molar-refractivity contribution in [3.63, 3.8) is 0 Å². The molecule has 2 aliphatic rings. The number of nitrogens with one attached hydrogen (secondary N) is 1. The van der Waals surface area contributed by atoms with Crippen molar-refractivity contribution in [2.24, 2.45) is 11.8 Å². The largest absolute Gasteiger partial charge is 0.456 e. The molecule has 1 aromatic rings. The highest BCUT2D eigenvalue weighted by Gasteiger charge is 2.46. The van der Waals surface area contributed by atoms with Crippen LogP contribution >= 0.6 is 0 Å². The van der Waals surface area contributed by atoms with Crippen LogP contribution < -0.4 is 5.32 Å². The van der Waals surface area contributed by atoms with E-state index in [0.717, 1.165) is 24.2 Å². The summed E-state index contributed by atoms with van der Waals surface area (Å²) in [6.45, 7) is 1.72. The molecule has 1 saturated heterocycles. The third kappa shape index (κ3) is 5.34. The number of ether oxygens (including phenoxy) is 1. The van der Waals surface area contributed by atoms with Crippen LogP contribution in [0.2, 0.25) is 0 Å². The molecule has 0 aromatic heterocycles. The van der Waals surface area contributed by atoms with E-state index in [-0.39, 0.29) is 36.6 Å². The highest BCUT2D eigenvalue weighted by molar-refractivity contribution is 6.05. The fourth-order valence-electron chi connectivity index (χ4n) is 3.84. The zero-order valence-corrected chi connectivity index (χ0v) is 17.3. The fraction of sp³-hybridized carbons (Fsp3) is 0.478. The monoisotopic (exact) mass is 412 g/mol. The Morgan fingerprint density at radius 2 is 1.70 bits per heavy atom. The van der Waals surface area contributed by atoms with Crippen molar-refractivity contribution in [3.8, 4) is 0 Å². The lowest BCUT2D eigenvalue weighted by atomic mass is 9.85. The molecule has 1 heterocycles. The average Bonchev–Trinajstić information content (AvgIpc) is 3.00. The Labute approximate surface area is 176 Å². The summed E-state index contributed by atoms with van der Waals surface area (Å²) in [7, 11) is 0. The second kappa shape index (κ2) is 10.2. The third-order valence-electron chi connectivity index (χ3n) is 5.56. The van der Waals surface area contributed by atoms with Gasteiger partial charge in [0.2, 0.25) is 11.8 Å². The van der Waals surface area contributed by atoms with Gasteiger partial charge >= 0.3 is 5.97 Å². The molecular formula is C23H28N2O5. The van der Waals surface area contributed by atoms with Gasteiger partial charge in [0.15, 0.2) is 6.61 Å². The molecule has 30 heavy (non-hydrogen) atoms. The van der Waals surface area contributed by atoms with Crippen molar-refractivity contribution < 1.29 is 23.9 Å². The van der Waals surface area contributed by atoms with Gasteiger partial charge in [-0.3, -0.25) is 24.1 Å². The van der Waals surface area contributed by atoms with Crippen molar-refractivity contribution in [1.82, 2.24) is 4.90 Å². The normalized spacial score (nSPS) is 20.2. The van der Waals surface area contributed by atoms with Crippen molar-refractivity contribution in [1.29, 1.82) is 0 Å². The minimum atomic E-state index is -0.617. The van der Waals surface area contributed by atoms with Crippen molar-refractivity contribution >= 4 is 29.4 Å². The lowest BCUT2D eigenvalue weighted by molar-refractivity contribution is -0.148. The van der Waals surface area contributed by atoms with E-state index < -0.39 is 18.5 Å². The van der Waals surface area contributed by atoms with Crippen molar-refractivity contribution in [2.75, 3.05) is 18.5 Å². The predicted octanol–water partition coefficient (Wildman–Crippen LogP) is 2.85. The first-order valence-corrected chi connectivity index (χ1v) is 10.5. The second-order valence-corrected chi connectivity index (χ2v) is 7.74. The molecule has 1 aromatic carbocycles. The SMILES string of the molecule is CCCCc1ccc(NC(=O)COC(=O)CCN2C(=O)[C@@H]3CC=CC[C@H]3C2=O)cc1. The van der Waals surface area contributed by atoms with Crippen molar-refractivity contribution in [2.45, 2.75) is 45.4 Å². The van der Waals surface area contributed by atoms with E-state index in [1.54, 1.807) is 0 Å². The number of carbonyl (C=O) groups excluding carboxylic acids is 4. The summed E-state index contributed by atoms with van der Waals surface area (Å²) in [4.78, 5) is 49.9. The molecule has 0 spiro atoms. The molecule has 1 aliphatic heterocycles. The molecule has 160 valence electrons. The molecule has 1 fully saturated rings. The number of esters is 1. The Balaban J connectivity index is 1.39. The maximum Gasteiger partial charge on any atom is 0.308 e. The maximum absolute atomic E-state index is 12.4. The van der Waals surface area contributed by atoms with E-state index in [2.05, 4.69) is 12.2 Å². The Morgan fingerprint density at radius 3 is 2.30 bits per heavy atom. The quantitative estimate of drug-likeness (QED) is 0.382. The van der Waals surface area contributed by atoms with Crippen LogP contribution in [0.25, 0.3) is 0 Å².